The molecule has 0 aromatic heterocycles. The number of nitrogens with zero attached hydrogens (tertiary/aromatic N) is 1. The first-order valence-electron chi connectivity index (χ1n) is 10.8. The van der Waals surface area contributed by atoms with Crippen LogP contribution in [0.25, 0.3) is 0 Å². The number of hydrogen-bond acceptors (Lipinski definition) is 6. The summed E-state index contributed by atoms with van der Waals surface area (Å²) in [4.78, 5) is 38.2. The number of piperidine rings is 1. The zero-order chi connectivity index (χ0) is 20.8. The van der Waals surface area contributed by atoms with Gasteiger partial charge in [0.1, 0.15) is 6.04 Å². The lowest BCUT2D eigenvalue weighted by Crippen LogP contribution is -2.55. The Kier molecular flexibility index (Phi) is 5.08. The molecule has 1 aromatic carbocycles. The van der Waals surface area contributed by atoms with Gasteiger partial charge in [0, 0.05) is 37.2 Å². The van der Waals surface area contributed by atoms with Crippen molar-refractivity contribution >= 4 is 17.7 Å². The molecule has 5 atom stereocenters. The van der Waals surface area contributed by atoms with Crippen LogP contribution in [0.3, 0.4) is 0 Å². The number of nitrogens with one attached hydrogen (secondary N) is 2. The van der Waals surface area contributed by atoms with Crippen LogP contribution in [0.15, 0.2) is 18.2 Å². The van der Waals surface area contributed by atoms with E-state index in [9.17, 15) is 14.4 Å². The van der Waals surface area contributed by atoms with E-state index in [0.29, 0.717) is 43.0 Å². The van der Waals surface area contributed by atoms with Gasteiger partial charge < -0.3 is 20.7 Å². The van der Waals surface area contributed by atoms with Crippen molar-refractivity contribution in [3.8, 4) is 0 Å². The van der Waals surface area contributed by atoms with Crippen LogP contribution in [-0.2, 0) is 27.4 Å². The van der Waals surface area contributed by atoms with Crippen LogP contribution in [0.4, 0.5) is 0 Å². The van der Waals surface area contributed by atoms with E-state index in [1.54, 1.807) is 4.90 Å². The van der Waals surface area contributed by atoms with Gasteiger partial charge >= 0.3 is 0 Å². The summed E-state index contributed by atoms with van der Waals surface area (Å²) in [7, 11) is 0. The highest BCUT2D eigenvalue weighted by molar-refractivity contribution is 6.05. The minimum atomic E-state index is -0.574. The minimum absolute atomic E-state index is 0.129. The first-order valence-corrected chi connectivity index (χ1v) is 10.8. The minimum Gasteiger partial charge on any atom is -0.381 e. The molecule has 8 nitrogen and oxygen atoms in total. The lowest BCUT2D eigenvalue weighted by molar-refractivity contribution is -0.136. The highest BCUT2D eigenvalue weighted by Gasteiger charge is 2.41. The molecule has 4 N–H and O–H groups in total. The van der Waals surface area contributed by atoms with Gasteiger partial charge in [-0.2, -0.15) is 0 Å². The average molecular weight is 412 g/mol. The Hall–Kier alpha value is -2.29. The van der Waals surface area contributed by atoms with Crippen molar-refractivity contribution in [3.63, 3.8) is 0 Å². The summed E-state index contributed by atoms with van der Waals surface area (Å²) in [5.74, 6) is 0.0968. The Morgan fingerprint density at radius 1 is 1.17 bits per heavy atom. The first-order chi connectivity index (χ1) is 14.5. The van der Waals surface area contributed by atoms with Crippen LogP contribution in [0.5, 0.6) is 0 Å². The largest absolute Gasteiger partial charge is 0.381 e. The van der Waals surface area contributed by atoms with E-state index < -0.39 is 6.04 Å². The standard InChI is InChI=1S/C22H28N4O4/c23-16-6-14-10-30-11-15(7-16)20(14)24-8-12-1-2-13-9-26(22(29)17(13)5-12)18-3-4-19(27)25-21(18)28/h1-2,5,14-16,18,20,24H,3-4,6-11,23H2,(H,25,27,28)/t14-,15+,16?,18?,20?. The van der Waals surface area contributed by atoms with Crippen LogP contribution < -0.4 is 16.4 Å². The summed E-state index contributed by atoms with van der Waals surface area (Å²) < 4.78 is 5.73. The van der Waals surface area contributed by atoms with Crippen LogP contribution in [-0.4, -0.2) is 54.0 Å². The third kappa shape index (κ3) is 3.53. The molecule has 2 saturated heterocycles. The number of hydrogen-bond donors (Lipinski definition) is 3. The van der Waals surface area contributed by atoms with Gasteiger partial charge in [-0.3, -0.25) is 19.7 Å². The molecule has 2 bridgehead atoms. The summed E-state index contributed by atoms with van der Waals surface area (Å²) in [6.45, 7) is 2.61. The van der Waals surface area contributed by atoms with Gasteiger partial charge in [0.15, 0.2) is 0 Å². The molecule has 3 unspecified atom stereocenters. The molecular formula is C22H28N4O4. The fourth-order valence-electron chi connectivity index (χ4n) is 5.55. The summed E-state index contributed by atoms with van der Waals surface area (Å²) in [5.41, 5.74) is 8.84. The molecule has 30 heavy (non-hydrogen) atoms. The van der Waals surface area contributed by atoms with Crippen LogP contribution in [0, 0.1) is 11.8 Å². The van der Waals surface area contributed by atoms with Gasteiger partial charge in [-0.15, -0.1) is 0 Å². The Bertz CT molecular complexity index is 874. The van der Waals surface area contributed by atoms with Crippen molar-refractivity contribution in [2.45, 2.75) is 56.9 Å². The quantitative estimate of drug-likeness (QED) is 0.613. The van der Waals surface area contributed by atoms with Crippen LogP contribution >= 0.6 is 0 Å². The second kappa shape index (κ2) is 7.76. The Balaban J connectivity index is 1.26. The van der Waals surface area contributed by atoms with Gasteiger partial charge in [-0.05, 0) is 48.3 Å². The van der Waals surface area contributed by atoms with Gasteiger partial charge in [-0.25, -0.2) is 0 Å². The molecule has 3 fully saturated rings. The van der Waals surface area contributed by atoms with Crippen molar-refractivity contribution in [3.05, 3.63) is 34.9 Å². The van der Waals surface area contributed by atoms with Gasteiger partial charge in [-0.1, -0.05) is 12.1 Å². The van der Waals surface area contributed by atoms with E-state index in [0.717, 1.165) is 37.2 Å². The van der Waals surface area contributed by atoms with E-state index >= 15 is 0 Å². The maximum Gasteiger partial charge on any atom is 0.255 e. The van der Waals surface area contributed by atoms with E-state index in [1.165, 1.54) is 0 Å². The molecule has 5 rings (SSSR count). The van der Waals surface area contributed by atoms with E-state index in [1.807, 2.05) is 18.2 Å². The topological polar surface area (TPSA) is 114 Å². The summed E-state index contributed by atoms with van der Waals surface area (Å²) in [6, 6.07) is 6.05. The third-order valence-corrected chi connectivity index (χ3v) is 7.03. The molecule has 4 aliphatic rings. The number of benzene rings is 1. The monoisotopic (exact) mass is 412 g/mol. The number of fused-ring (bicyclic) bond motifs is 3. The molecule has 160 valence electrons. The van der Waals surface area contributed by atoms with Crippen molar-refractivity contribution in [2.75, 3.05) is 13.2 Å². The molecule has 1 saturated carbocycles. The Morgan fingerprint density at radius 2 is 1.93 bits per heavy atom. The number of nitrogens with two attached hydrogens (primary N) is 1. The predicted molar refractivity (Wildman–Crippen MR) is 108 cm³/mol. The molecule has 1 aliphatic carbocycles. The number of ether oxygens (including phenoxy) is 1. The number of imide groups is 1. The Labute approximate surface area is 175 Å². The number of carbonyl (C=O) groups is 3. The molecular weight excluding hydrogens is 384 g/mol. The van der Waals surface area contributed by atoms with Gasteiger partial charge in [0.05, 0.1) is 13.2 Å². The van der Waals surface area contributed by atoms with Crippen LogP contribution in [0.1, 0.15) is 47.2 Å². The first kappa shape index (κ1) is 19.7. The second-order valence-electron chi connectivity index (χ2n) is 9.09. The van der Waals surface area contributed by atoms with Crippen molar-refractivity contribution in [1.29, 1.82) is 0 Å². The number of amides is 3. The fourth-order valence-corrected chi connectivity index (χ4v) is 5.55. The van der Waals surface area contributed by atoms with E-state index in [2.05, 4.69) is 10.6 Å². The highest BCUT2D eigenvalue weighted by Crippen LogP contribution is 2.34. The van der Waals surface area contributed by atoms with Crippen molar-refractivity contribution in [2.24, 2.45) is 17.6 Å². The molecule has 0 spiro atoms. The second-order valence-corrected chi connectivity index (χ2v) is 9.09. The third-order valence-electron chi connectivity index (χ3n) is 7.03. The van der Waals surface area contributed by atoms with E-state index in [4.69, 9.17) is 10.5 Å². The smallest absolute Gasteiger partial charge is 0.255 e. The molecule has 3 aliphatic heterocycles. The molecule has 8 heteroatoms. The molecule has 0 radical (unpaired) electrons. The van der Waals surface area contributed by atoms with Gasteiger partial charge in [0.2, 0.25) is 11.8 Å². The fraction of sp³-hybridized carbons (Fsp3) is 0.591. The number of carbonyl (C=O) groups excluding carboxylic acids is 3. The van der Waals surface area contributed by atoms with Crippen molar-refractivity contribution in [1.82, 2.24) is 15.5 Å². The summed E-state index contributed by atoms with van der Waals surface area (Å²) in [6.07, 6.45) is 2.62. The van der Waals surface area contributed by atoms with E-state index in [-0.39, 0.29) is 30.2 Å². The maximum atomic E-state index is 13.0. The van der Waals surface area contributed by atoms with Crippen LogP contribution in [0.2, 0.25) is 0 Å². The highest BCUT2D eigenvalue weighted by atomic mass is 16.5. The number of rotatable bonds is 4. The van der Waals surface area contributed by atoms with Gasteiger partial charge in [0.25, 0.3) is 5.91 Å². The summed E-state index contributed by atoms with van der Waals surface area (Å²) >= 11 is 0. The normalized spacial score (nSPS) is 33.4. The lowest BCUT2D eigenvalue weighted by atomic mass is 9.73. The lowest BCUT2D eigenvalue weighted by Gasteiger charge is -2.45. The SMILES string of the molecule is NC1C[C@H]2COC[C@@H](C1)C2NCc1ccc2c(c1)C(=O)N(C1CCC(=O)NC1=O)C2. The summed E-state index contributed by atoms with van der Waals surface area (Å²) in [5, 5.41) is 6.03. The maximum absolute atomic E-state index is 13.0. The van der Waals surface area contributed by atoms with Crippen molar-refractivity contribution < 1.29 is 19.1 Å². The molecule has 3 heterocycles. The average Bonchev–Trinajstić information content (AvgIpc) is 3.02. The Morgan fingerprint density at radius 3 is 2.67 bits per heavy atom. The zero-order valence-corrected chi connectivity index (χ0v) is 16.9. The zero-order valence-electron chi connectivity index (χ0n) is 16.9. The molecule has 3 amide bonds. The predicted octanol–water partition coefficient (Wildman–Crippen LogP) is 0.290. The molecule has 1 aromatic rings.